The fraction of sp³-hybridized carbons (Fsp3) is 0.167. The van der Waals surface area contributed by atoms with E-state index in [0.29, 0.717) is 9.90 Å². The van der Waals surface area contributed by atoms with Gasteiger partial charge >= 0.3 is 5.97 Å². The van der Waals surface area contributed by atoms with Gasteiger partial charge in [-0.25, -0.2) is 0 Å². The van der Waals surface area contributed by atoms with Crippen LogP contribution in [0.5, 0.6) is 0 Å². The van der Waals surface area contributed by atoms with Gasteiger partial charge < -0.3 is 10.0 Å². The number of carbonyl (C=O) groups is 2. The van der Waals surface area contributed by atoms with Crippen LogP contribution in [0.25, 0.3) is 10.1 Å². The molecule has 18 heavy (non-hydrogen) atoms. The van der Waals surface area contributed by atoms with E-state index in [0.717, 1.165) is 15.0 Å². The van der Waals surface area contributed by atoms with Crippen molar-refractivity contribution in [3.8, 4) is 0 Å². The largest absolute Gasteiger partial charge is 0.480 e. The van der Waals surface area contributed by atoms with Crippen molar-refractivity contribution in [2.24, 2.45) is 0 Å². The highest BCUT2D eigenvalue weighted by molar-refractivity contribution is 7.21. The molecule has 0 unspecified atom stereocenters. The van der Waals surface area contributed by atoms with Crippen LogP contribution in [0, 0.1) is 0 Å². The smallest absolute Gasteiger partial charge is 0.323 e. The Kier molecular flexibility index (Phi) is 3.54. The molecule has 0 saturated heterocycles. The molecule has 2 rings (SSSR count). The average Bonchev–Trinajstić information content (AvgIpc) is 2.66. The van der Waals surface area contributed by atoms with Crippen LogP contribution in [0.4, 0.5) is 0 Å². The number of halogens is 1. The molecule has 1 amide bonds. The number of hydrogen-bond acceptors (Lipinski definition) is 3. The van der Waals surface area contributed by atoms with Gasteiger partial charge in [0, 0.05) is 17.1 Å². The van der Waals surface area contributed by atoms with Gasteiger partial charge in [0.2, 0.25) is 0 Å². The van der Waals surface area contributed by atoms with Gasteiger partial charge in [-0.2, -0.15) is 0 Å². The number of likely N-dealkylation sites (N-methyl/N-ethyl adjacent to an activating group) is 1. The van der Waals surface area contributed by atoms with Gasteiger partial charge in [0.15, 0.2) is 0 Å². The van der Waals surface area contributed by atoms with E-state index in [4.69, 9.17) is 16.7 Å². The summed E-state index contributed by atoms with van der Waals surface area (Å²) in [6, 6.07) is 7.42. The fourth-order valence-electron chi connectivity index (χ4n) is 1.60. The minimum Gasteiger partial charge on any atom is -0.480 e. The number of nitrogens with zero attached hydrogens (tertiary/aromatic N) is 1. The second-order valence-electron chi connectivity index (χ2n) is 3.80. The molecule has 1 heterocycles. The van der Waals surface area contributed by atoms with Crippen LogP contribution in [0.2, 0.25) is 5.02 Å². The molecule has 0 spiro atoms. The number of carbonyl (C=O) groups excluding carboxylic acids is 1. The monoisotopic (exact) mass is 283 g/mol. The van der Waals surface area contributed by atoms with Crippen LogP contribution in [-0.2, 0) is 4.79 Å². The van der Waals surface area contributed by atoms with Crippen molar-refractivity contribution in [2.45, 2.75) is 0 Å². The van der Waals surface area contributed by atoms with Crippen LogP contribution >= 0.6 is 22.9 Å². The minimum atomic E-state index is -1.05. The molecule has 0 aliphatic rings. The van der Waals surface area contributed by atoms with Crippen molar-refractivity contribution in [1.82, 2.24) is 4.90 Å². The van der Waals surface area contributed by atoms with Gasteiger partial charge in [-0.1, -0.05) is 29.8 Å². The van der Waals surface area contributed by atoms with Crippen LogP contribution in [0.1, 0.15) is 9.67 Å². The third kappa shape index (κ3) is 2.32. The Morgan fingerprint density at radius 1 is 1.39 bits per heavy atom. The number of carboxylic acid groups (broad SMARTS) is 1. The average molecular weight is 284 g/mol. The Morgan fingerprint density at radius 3 is 2.67 bits per heavy atom. The molecular formula is C12H10ClNO3S. The van der Waals surface area contributed by atoms with E-state index in [-0.39, 0.29) is 12.5 Å². The van der Waals surface area contributed by atoms with Gasteiger partial charge in [-0.05, 0) is 6.07 Å². The number of aliphatic carboxylic acids is 1. The van der Waals surface area contributed by atoms with E-state index in [9.17, 15) is 9.59 Å². The maximum absolute atomic E-state index is 12.1. The summed E-state index contributed by atoms with van der Waals surface area (Å²) < 4.78 is 0.912. The molecular weight excluding hydrogens is 274 g/mol. The number of hydrogen-bond donors (Lipinski definition) is 1. The van der Waals surface area contributed by atoms with Crippen molar-refractivity contribution in [3.63, 3.8) is 0 Å². The highest BCUT2D eigenvalue weighted by Crippen LogP contribution is 2.35. The molecule has 1 aromatic carbocycles. The number of benzene rings is 1. The molecule has 94 valence electrons. The third-order valence-corrected chi connectivity index (χ3v) is 4.11. The number of rotatable bonds is 3. The first-order chi connectivity index (χ1) is 8.50. The molecule has 6 heteroatoms. The number of carboxylic acids is 1. The summed E-state index contributed by atoms with van der Waals surface area (Å²) in [5.74, 6) is -1.42. The summed E-state index contributed by atoms with van der Waals surface area (Å²) in [5.41, 5.74) is 0. The quantitative estimate of drug-likeness (QED) is 0.942. The van der Waals surface area contributed by atoms with Crippen LogP contribution in [0.3, 0.4) is 0 Å². The standard InChI is InChI=1S/C12H10ClNO3S/c1-14(6-9(15)16)12(17)11-10(13)7-4-2-3-5-8(7)18-11/h2-5H,6H2,1H3,(H,15,16). The number of amides is 1. The fourth-order valence-corrected chi connectivity index (χ4v) is 3.11. The Morgan fingerprint density at radius 2 is 2.06 bits per heavy atom. The van der Waals surface area contributed by atoms with Gasteiger partial charge in [-0.15, -0.1) is 11.3 Å². The molecule has 0 aliphatic carbocycles. The first-order valence-electron chi connectivity index (χ1n) is 5.15. The molecule has 0 bridgehead atoms. The van der Waals surface area contributed by atoms with E-state index in [1.807, 2.05) is 24.3 Å². The predicted octanol–water partition coefficient (Wildman–Crippen LogP) is 2.71. The molecule has 0 saturated carbocycles. The molecule has 0 aliphatic heterocycles. The maximum atomic E-state index is 12.1. The van der Waals surface area contributed by atoms with Crippen molar-refractivity contribution in [3.05, 3.63) is 34.2 Å². The van der Waals surface area contributed by atoms with Crippen molar-refractivity contribution < 1.29 is 14.7 Å². The van der Waals surface area contributed by atoms with Crippen molar-refractivity contribution >= 4 is 44.9 Å². The number of fused-ring (bicyclic) bond motifs is 1. The lowest BCUT2D eigenvalue weighted by atomic mass is 10.2. The zero-order chi connectivity index (χ0) is 13.3. The van der Waals surface area contributed by atoms with Gasteiger partial charge in [0.1, 0.15) is 11.4 Å². The lowest BCUT2D eigenvalue weighted by molar-refractivity contribution is -0.137. The second-order valence-corrected chi connectivity index (χ2v) is 5.23. The second kappa shape index (κ2) is 4.96. The zero-order valence-corrected chi connectivity index (χ0v) is 11.1. The van der Waals surface area contributed by atoms with E-state index < -0.39 is 5.97 Å². The lowest BCUT2D eigenvalue weighted by Crippen LogP contribution is -2.31. The Hall–Kier alpha value is -1.59. The normalized spacial score (nSPS) is 10.6. The van der Waals surface area contributed by atoms with Crippen molar-refractivity contribution in [2.75, 3.05) is 13.6 Å². The van der Waals surface area contributed by atoms with Crippen molar-refractivity contribution in [1.29, 1.82) is 0 Å². The van der Waals surface area contributed by atoms with Gasteiger partial charge in [0.25, 0.3) is 5.91 Å². The molecule has 0 radical (unpaired) electrons. The van der Waals surface area contributed by atoms with Crippen LogP contribution < -0.4 is 0 Å². The summed E-state index contributed by atoms with van der Waals surface area (Å²) >= 11 is 7.42. The molecule has 0 fully saturated rings. The SMILES string of the molecule is CN(CC(=O)O)C(=O)c1sc2ccccc2c1Cl. The lowest BCUT2D eigenvalue weighted by Gasteiger charge is -2.13. The third-order valence-electron chi connectivity index (χ3n) is 2.45. The Balaban J connectivity index is 2.39. The molecule has 1 N–H and O–H groups in total. The minimum absolute atomic E-state index is 0.344. The van der Waals surface area contributed by atoms with Crippen LogP contribution in [-0.4, -0.2) is 35.5 Å². The summed E-state index contributed by atoms with van der Waals surface area (Å²) in [7, 11) is 1.44. The maximum Gasteiger partial charge on any atom is 0.323 e. The summed E-state index contributed by atoms with van der Waals surface area (Å²) in [4.78, 5) is 24.2. The molecule has 0 atom stereocenters. The summed E-state index contributed by atoms with van der Waals surface area (Å²) in [6.45, 7) is -0.344. The van der Waals surface area contributed by atoms with Gasteiger partial charge in [0.05, 0.1) is 5.02 Å². The highest BCUT2D eigenvalue weighted by Gasteiger charge is 2.21. The molecule has 2 aromatic rings. The zero-order valence-electron chi connectivity index (χ0n) is 9.51. The Labute approximate surface area is 112 Å². The first kappa shape index (κ1) is 12.9. The highest BCUT2D eigenvalue weighted by atomic mass is 35.5. The Bertz CT molecular complexity index is 623. The molecule has 1 aromatic heterocycles. The number of thiophene rings is 1. The first-order valence-corrected chi connectivity index (χ1v) is 6.34. The van der Waals surface area contributed by atoms with E-state index in [1.54, 1.807) is 0 Å². The predicted molar refractivity (Wildman–Crippen MR) is 71.4 cm³/mol. The van der Waals surface area contributed by atoms with Gasteiger partial charge in [-0.3, -0.25) is 9.59 Å². The van der Waals surface area contributed by atoms with Crippen LogP contribution in [0.15, 0.2) is 24.3 Å². The molecule has 4 nitrogen and oxygen atoms in total. The van der Waals surface area contributed by atoms with E-state index in [2.05, 4.69) is 0 Å². The van der Waals surface area contributed by atoms with E-state index >= 15 is 0 Å². The summed E-state index contributed by atoms with van der Waals surface area (Å²) in [6.07, 6.45) is 0. The summed E-state index contributed by atoms with van der Waals surface area (Å²) in [5, 5.41) is 9.87. The van der Waals surface area contributed by atoms with E-state index in [1.165, 1.54) is 18.4 Å². The topological polar surface area (TPSA) is 57.6 Å².